The van der Waals surface area contributed by atoms with Crippen LogP contribution in [-0.4, -0.2) is 0 Å². The van der Waals surface area contributed by atoms with Gasteiger partial charge in [-0.15, -0.1) is 0 Å². The van der Waals surface area contributed by atoms with Crippen molar-refractivity contribution in [3.8, 4) is 44.5 Å². The highest BCUT2D eigenvalue weighted by Gasteiger charge is 2.33. The fourth-order valence-corrected chi connectivity index (χ4v) is 9.55. The van der Waals surface area contributed by atoms with E-state index >= 15 is 0 Å². The predicted octanol–water partition coefficient (Wildman–Crippen LogP) is 14.8. The molecule has 0 heterocycles. The van der Waals surface area contributed by atoms with E-state index in [1.165, 1.54) is 109 Å². The van der Waals surface area contributed by atoms with Gasteiger partial charge >= 0.3 is 0 Å². The lowest BCUT2D eigenvalue weighted by Gasteiger charge is -2.35. The van der Waals surface area contributed by atoms with Crippen LogP contribution in [0, 0.1) is 0 Å². The van der Waals surface area contributed by atoms with Crippen LogP contribution in [0.3, 0.4) is 0 Å². The SMILES string of the molecule is CC1(C)c2ccccc2-c2cccc3cc(-c4ccc(-c5c6ccccc6c(-c6ccc7ccccc7c6)c6ccccc56)c5ccccc45)cc1c23. The minimum Gasteiger partial charge on any atom is -0.0619 e. The third kappa shape index (κ3) is 4.36. The summed E-state index contributed by atoms with van der Waals surface area (Å²) in [5.41, 5.74) is 13.0. The van der Waals surface area contributed by atoms with Crippen molar-refractivity contribution < 1.29 is 0 Å². The summed E-state index contributed by atoms with van der Waals surface area (Å²) in [6.07, 6.45) is 0. The van der Waals surface area contributed by atoms with E-state index in [1.807, 2.05) is 0 Å². The number of hydrogen-bond acceptors (Lipinski definition) is 0. The normalized spacial score (nSPS) is 13.2. The monoisotopic (exact) mass is 672 g/mol. The fraction of sp³-hybridized carbons (Fsp3) is 0.0566. The molecule has 0 saturated carbocycles. The van der Waals surface area contributed by atoms with Crippen molar-refractivity contribution >= 4 is 53.9 Å². The second kappa shape index (κ2) is 11.2. The molecule has 0 spiro atoms. The van der Waals surface area contributed by atoms with Crippen LogP contribution in [-0.2, 0) is 5.41 Å². The van der Waals surface area contributed by atoms with Crippen LogP contribution in [0.4, 0.5) is 0 Å². The largest absolute Gasteiger partial charge is 0.0619 e. The Bertz CT molecular complexity index is 3080. The molecule has 0 aromatic heterocycles. The first kappa shape index (κ1) is 30.2. The van der Waals surface area contributed by atoms with Gasteiger partial charge < -0.3 is 0 Å². The summed E-state index contributed by atoms with van der Waals surface area (Å²) in [5, 5.41) is 12.8. The Morgan fingerprint density at radius 1 is 0.302 bits per heavy atom. The fourth-order valence-electron chi connectivity index (χ4n) is 9.55. The second-order valence-electron chi connectivity index (χ2n) is 15.2. The molecule has 0 aliphatic heterocycles. The molecule has 53 heavy (non-hydrogen) atoms. The van der Waals surface area contributed by atoms with Crippen molar-refractivity contribution in [3.05, 3.63) is 193 Å². The van der Waals surface area contributed by atoms with Crippen LogP contribution in [0.2, 0.25) is 0 Å². The van der Waals surface area contributed by atoms with Gasteiger partial charge in [0, 0.05) is 5.41 Å². The Morgan fingerprint density at radius 3 is 1.57 bits per heavy atom. The molecule has 248 valence electrons. The highest BCUT2D eigenvalue weighted by Crippen LogP contribution is 2.51. The molecule has 0 bridgehead atoms. The van der Waals surface area contributed by atoms with Gasteiger partial charge in [0.05, 0.1) is 0 Å². The van der Waals surface area contributed by atoms with Gasteiger partial charge in [-0.05, 0) is 128 Å². The highest BCUT2D eigenvalue weighted by molar-refractivity contribution is 6.24. The molecule has 0 heteroatoms. The van der Waals surface area contributed by atoms with Crippen molar-refractivity contribution in [3.63, 3.8) is 0 Å². The van der Waals surface area contributed by atoms with Crippen LogP contribution < -0.4 is 0 Å². The summed E-state index contributed by atoms with van der Waals surface area (Å²) < 4.78 is 0. The molecule has 0 N–H and O–H groups in total. The van der Waals surface area contributed by atoms with E-state index < -0.39 is 0 Å². The molecule has 0 saturated heterocycles. The maximum Gasteiger partial charge on any atom is 0.0159 e. The molecule has 0 nitrogen and oxygen atoms in total. The van der Waals surface area contributed by atoms with E-state index in [4.69, 9.17) is 0 Å². The minimum absolute atomic E-state index is 0.125. The maximum absolute atomic E-state index is 2.48. The van der Waals surface area contributed by atoms with Crippen molar-refractivity contribution in [2.75, 3.05) is 0 Å². The summed E-state index contributed by atoms with van der Waals surface area (Å²) in [5.74, 6) is 0. The standard InChI is InChI=1S/C53H36/c1-53(2)48-25-12-11-19-41(48)42-24-13-16-35-31-37(32-49(53)51(35)42)38-28-29-47(40-18-6-5-17-39(38)40)52-45-22-9-7-20-43(45)50(44-21-8-10-23-46(44)52)36-27-26-33-14-3-4-15-34(33)30-36/h3-32H,1-2H3. The van der Waals surface area contributed by atoms with Crippen molar-refractivity contribution in [2.24, 2.45) is 0 Å². The summed E-state index contributed by atoms with van der Waals surface area (Å²) in [6.45, 7) is 4.78. The predicted molar refractivity (Wildman–Crippen MR) is 228 cm³/mol. The molecule has 11 rings (SSSR count). The van der Waals surface area contributed by atoms with Crippen molar-refractivity contribution in [2.45, 2.75) is 19.3 Å². The Labute approximate surface area is 309 Å². The molecular weight excluding hydrogens is 637 g/mol. The van der Waals surface area contributed by atoms with Gasteiger partial charge in [-0.2, -0.15) is 0 Å². The molecule has 1 aliphatic rings. The average molecular weight is 673 g/mol. The van der Waals surface area contributed by atoms with E-state index in [2.05, 4.69) is 196 Å². The quantitative estimate of drug-likeness (QED) is 0.164. The van der Waals surface area contributed by atoms with Gasteiger partial charge in [-0.25, -0.2) is 0 Å². The molecular formula is C53H36. The van der Waals surface area contributed by atoms with Gasteiger partial charge in [-0.1, -0.05) is 178 Å². The average Bonchev–Trinajstić information content (AvgIpc) is 3.21. The summed E-state index contributed by atoms with van der Waals surface area (Å²) >= 11 is 0. The first-order chi connectivity index (χ1) is 26.1. The molecule has 0 atom stereocenters. The smallest absolute Gasteiger partial charge is 0.0159 e. The molecule has 0 fully saturated rings. The number of hydrogen-bond donors (Lipinski definition) is 0. The van der Waals surface area contributed by atoms with E-state index in [0.717, 1.165) is 0 Å². The minimum atomic E-state index is -0.125. The van der Waals surface area contributed by atoms with Crippen LogP contribution in [0.5, 0.6) is 0 Å². The Morgan fingerprint density at radius 2 is 0.830 bits per heavy atom. The molecule has 1 aliphatic carbocycles. The van der Waals surface area contributed by atoms with Crippen LogP contribution >= 0.6 is 0 Å². The number of rotatable bonds is 3. The Kier molecular flexibility index (Phi) is 6.40. The van der Waals surface area contributed by atoms with E-state index in [1.54, 1.807) is 0 Å². The van der Waals surface area contributed by atoms with Gasteiger partial charge in [-0.3, -0.25) is 0 Å². The first-order valence-electron chi connectivity index (χ1n) is 18.7. The lowest BCUT2D eigenvalue weighted by atomic mass is 9.68. The van der Waals surface area contributed by atoms with Crippen molar-refractivity contribution in [1.82, 2.24) is 0 Å². The van der Waals surface area contributed by atoms with Gasteiger partial charge in [0.15, 0.2) is 0 Å². The van der Waals surface area contributed by atoms with E-state index in [9.17, 15) is 0 Å². The zero-order valence-electron chi connectivity index (χ0n) is 29.8. The van der Waals surface area contributed by atoms with Crippen LogP contribution in [0.25, 0.3) is 98.4 Å². The maximum atomic E-state index is 2.48. The summed E-state index contributed by atoms with van der Waals surface area (Å²) in [6, 6.07) is 68.0. The first-order valence-corrected chi connectivity index (χ1v) is 18.7. The number of benzene rings is 10. The number of fused-ring (bicyclic) bond motifs is 6. The van der Waals surface area contributed by atoms with Gasteiger partial charge in [0.2, 0.25) is 0 Å². The molecule has 0 radical (unpaired) electrons. The van der Waals surface area contributed by atoms with Gasteiger partial charge in [0.1, 0.15) is 0 Å². The molecule has 10 aromatic carbocycles. The second-order valence-corrected chi connectivity index (χ2v) is 15.2. The zero-order chi connectivity index (χ0) is 35.3. The van der Waals surface area contributed by atoms with E-state index in [-0.39, 0.29) is 5.41 Å². The van der Waals surface area contributed by atoms with Crippen LogP contribution in [0.1, 0.15) is 25.0 Å². The summed E-state index contributed by atoms with van der Waals surface area (Å²) in [4.78, 5) is 0. The van der Waals surface area contributed by atoms with Gasteiger partial charge in [0.25, 0.3) is 0 Å². The topological polar surface area (TPSA) is 0 Å². The Balaban J connectivity index is 1.17. The zero-order valence-corrected chi connectivity index (χ0v) is 29.8. The lowest BCUT2D eigenvalue weighted by Crippen LogP contribution is -2.23. The molecule has 0 amide bonds. The highest BCUT2D eigenvalue weighted by atomic mass is 14.4. The lowest BCUT2D eigenvalue weighted by molar-refractivity contribution is 0.645. The third-order valence-corrected chi connectivity index (χ3v) is 12.0. The van der Waals surface area contributed by atoms with E-state index in [0.29, 0.717) is 0 Å². The summed E-state index contributed by atoms with van der Waals surface area (Å²) in [7, 11) is 0. The van der Waals surface area contributed by atoms with Crippen molar-refractivity contribution in [1.29, 1.82) is 0 Å². The Hall–Kier alpha value is -6.50. The molecule has 10 aromatic rings. The third-order valence-electron chi connectivity index (χ3n) is 12.0. The molecule has 0 unspecified atom stereocenters. The van der Waals surface area contributed by atoms with Crippen LogP contribution in [0.15, 0.2) is 182 Å².